The van der Waals surface area contributed by atoms with E-state index in [1.165, 1.54) is 23.1 Å². The molecule has 0 bridgehead atoms. The number of halogens is 1. The second kappa shape index (κ2) is 5.33. The third-order valence-corrected chi connectivity index (χ3v) is 4.54. The molecule has 0 aliphatic carbocycles. The average Bonchev–Trinajstić information content (AvgIpc) is 2.98. The molecule has 1 saturated heterocycles. The molecule has 3 nitrogen and oxygen atoms in total. The van der Waals surface area contributed by atoms with Gasteiger partial charge in [0, 0.05) is 13.1 Å². The third kappa shape index (κ3) is 2.15. The van der Waals surface area contributed by atoms with Crippen LogP contribution in [0.1, 0.15) is 18.4 Å². The van der Waals surface area contributed by atoms with Crippen LogP contribution in [0.4, 0.5) is 5.13 Å². The molecule has 1 fully saturated rings. The van der Waals surface area contributed by atoms with E-state index in [2.05, 4.69) is 17.9 Å². The summed E-state index contributed by atoms with van der Waals surface area (Å²) in [6.45, 7) is 4.41. The lowest BCUT2D eigenvalue weighted by atomic mass is 10.2. The highest BCUT2D eigenvalue weighted by molar-refractivity contribution is 7.22. The van der Waals surface area contributed by atoms with Gasteiger partial charge in [-0.3, -0.25) is 0 Å². The van der Waals surface area contributed by atoms with Crippen LogP contribution in [0.25, 0.3) is 10.2 Å². The van der Waals surface area contributed by atoms with Gasteiger partial charge in [-0.1, -0.05) is 17.4 Å². The van der Waals surface area contributed by atoms with Crippen LogP contribution >= 0.6 is 23.7 Å². The Bertz CT molecular complexity index is 549. The Hall–Kier alpha value is -1.00. The van der Waals surface area contributed by atoms with Crippen molar-refractivity contribution in [3.63, 3.8) is 0 Å². The smallest absolute Gasteiger partial charge is 0.186 e. The van der Waals surface area contributed by atoms with Crippen molar-refractivity contribution in [2.24, 2.45) is 0 Å². The zero-order valence-corrected chi connectivity index (χ0v) is 12.2. The number of fused-ring (bicyclic) bond motifs is 1. The van der Waals surface area contributed by atoms with Crippen molar-refractivity contribution >= 4 is 39.1 Å². The first-order valence-electron chi connectivity index (χ1n) is 5.98. The van der Waals surface area contributed by atoms with Crippen LogP contribution in [-0.2, 0) is 0 Å². The molecule has 0 N–H and O–H groups in total. The van der Waals surface area contributed by atoms with E-state index in [9.17, 15) is 0 Å². The molecule has 0 spiro atoms. The Morgan fingerprint density at radius 3 is 2.67 bits per heavy atom. The van der Waals surface area contributed by atoms with E-state index in [0.29, 0.717) is 0 Å². The summed E-state index contributed by atoms with van der Waals surface area (Å²) in [5.41, 5.74) is 2.29. The highest BCUT2D eigenvalue weighted by Gasteiger charge is 2.18. The van der Waals surface area contributed by atoms with Gasteiger partial charge in [-0.25, -0.2) is 4.98 Å². The number of hydrogen-bond acceptors (Lipinski definition) is 4. The van der Waals surface area contributed by atoms with Gasteiger partial charge in [0.15, 0.2) is 5.13 Å². The van der Waals surface area contributed by atoms with Crippen LogP contribution in [0, 0.1) is 6.92 Å². The lowest BCUT2D eigenvalue weighted by molar-refractivity contribution is 0.419. The predicted octanol–water partition coefficient (Wildman–Crippen LogP) is 3.64. The monoisotopic (exact) mass is 284 g/mol. The number of benzene rings is 1. The number of anilines is 1. The molecular formula is C13H17ClN2OS. The molecule has 2 aromatic rings. The largest absolute Gasteiger partial charge is 0.494 e. The second-order valence-corrected chi connectivity index (χ2v) is 5.43. The van der Waals surface area contributed by atoms with Gasteiger partial charge in [0.2, 0.25) is 0 Å². The van der Waals surface area contributed by atoms with Crippen LogP contribution in [0.2, 0.25) is 0 Å². The third-order valence-electron chi connectivity index (χ3n) is 3.29. The Balaban J connectivity index is 0.00000120. The normalized spacial score (nSPS) is 14.9. The zero-order valence-electron chi connectivity index (χ0n) is 10.6. The molecule has 0 saturated carbocycles. The number of aromatic nitrogens is 1. The van der Waals surface area contributed by atoms with Gasteiger partial charge < -0.3 is 9.64 Å². The number of rotatable bonds is 2. The molecule has 98 valence electrons. The van der Waals surface area contributed by atoms with E-state index >= 15 is 0 Å². The molecule has 0 unspecified atom stereocenters. The van der Waals surface area contributed by atoms with E-state index in [4.69, 9.17) is 9.72 Å². The van der Waals surface area contributed by atoms with Crippen molar-refractivity contribution in [1.82, 2.24) is 4.98 Å². The maximum absolute atomic E-state index is 5.38. The summed E-state index contributed by atoms with van der Waals surface area (Å²) in [7, 11) is 1.71. The van der Waals surface area contributed by atoms with E-state index in [-0.39, 0.29) is 12.4 Å². The number of aryl methyl sites for hydroxylation is 1. The summed E-state index contributed by atoms with van der Waals surface area (Å²) < 4.78 is 6.64. The van der Waals surface area contributed by atoms with Crippen LogP contribution in [0.5, 0.6) is 5.75 Å². The fourth-order valence-corrected chi connectivity index (χ4v) is 3.41. The molecule has 1 aromatic carbocycles. The van der Waals surface area contributed by atoms with Crippen LogP contribution < -0.4 is 9.64 Å². The molecule has 0 atom stereocenters. The van der Waals surface area contributed by atoms with Crippen molar-refractivity contribution in [3.8, 4) is 5.75 Å². The van der Waals surface area contributed by atoms with Crippen molar-refractivity contribution in [2.45, 2.75) is 19.8 Å². The fourth-order valence-electron chi connectivity index (χ4n) is 2.31. The summed E-state index contributed by atoms with van der Waals surface area (Å²) >= 11 is 1.79. The predicted molar refractivity (Wildman–Crippen MR) is 79.6 cm³/mol. The Morgan fingerprint density at radius 2 is 2.00 bits per heavy atom. The maximum Gasteiger partial charge on any atom is 0.186 e. The second-order valence-electron chi connectivity index (χ2n) is 4.45. The lowest BCUT2D eigenvalue weighted by Gasteiger charge is -2.11. The van der Waals surface area contributed by atoms with Gasteiger partial charge in [0.05, 0.1) is 11.8 Å². The quantitative estimate of drug-likeness (QED) is 0.842. The summed E-state index contributed by atoms with van der Waals surface area (Å²) in [6.07, 6.45) is 2.57. The SMILES string of the molecule is COc1ccc(C)c2sc(N3CCCC3)nc12.Cl. The van der Waals surface area contributed by atoms with Gasteiger partial charge in [-0.2, -0.15) is 0 Å². The van der Waals surface area contributed by atoms with E-state index in [1.54, 1.807) is 18.4 Å². The summed E-state index contributed by atoms with van der Waals surface area (Å²) in [6, 6.07) is 4.11. The Labute approximate surface area is 117 Å². The fraction of sp³-hybridized carbons (Fsp3) is 0.462. The van der Waals surface area contributed by atoms with Gasteiger partial charge in [-0.15, -0.1) is 12.4 Å². The summed E-state index contributed by atoms with van der Waals surface area (Å²) in [5, 5.41) is 1.14. The molecule has 1 aromatic heterocycles. The van der Waals surface area contributed by atoms with Crippen molar-refractivity contribution < 1.29 is 4.74 Å². The highest BCUT2D eigenvalue weighted by atomic mass is 35.5. The average molecular weight is 285 g/mol. The zero-order chi connectivity index (χ0) is 11.8. The molecule has 3 rings (SSSR count). The first kappa shape index (κ1) is 13.4. The van der Waals surface area contributed by atoms with Gasteiger partial charge in [0.25, 0.3) is 0 Å². The van der Waals surface area contributed by atoms with E-state index < -0.39 is 0 Å². The summed E-state index contributed by atoms with van der Waals surface area (Å²) in [5.74, 6) is 0.882. The molecular weight excluding hydrogens is 268 g/mol. The minimum Gasteiger partial charge on any atom is -0.494 e. The number of nitrogens with zero attached hydrogens (tertiary/aromatic N) is 2. The van der Waals surface area contributed by atoms with E-state index in [1.807, 2.05) is 6.07 Å². The molecule has 18 heavy (non-hydrogen) atoms. The maximum atomic E-state index is 5.38. The molecule has 2 heterocycles. The standard InChI is InChI=1S/C13H16N2OS.ClH/c1-9-5-6-10(16-2)11-12(9)17-13(14-11)15-7-3-4-8-15;/h5-6H,3-4,7-8H2,1-2H3;1H. The summed E-state index contributed by atoms with van der Waals surface area (Å²) in [4.78, 5) is 7.12. The number of thiazole rings is 1. The Kier molecular flexibility index (Phi) is 3.97. The highest BCUT2D eigenvalue weighted by Crippen LogP contribution is 2.37. The minimum absolute atomic E-state index is 0. The van der Waals surface area contributed by atoms with Gasteiger partial charge in [-0.05, 0) is 31.4 Å². The molecule has 5 heteroatoms. The molecule has 0 radical (unpaired) electrons. The minimum atomic E-state index is 0. The lowest BCUT2D eigenvalue weighted by Crippen LogP contribution is -2.16. The number of methoxy groups -OCH3 is 1. The van der Waals surface area contributed by atoms with E-state index in [0.717, 1.165) is 29.5 Å². The van der Waals surface area contributed by atoms with Crippen LogP contribution in [-0.4, -0.2) is 25.2 Å². The van der Waals surface area contributed by atoms with Gasteiger partial charge >= 0.3 is 0 Å². The topological polar surface area (TPSA) is 25.4 Å². The van der Waals surface area contributed by atoms with Crippen molar-refractivity contribution in [1.29, 1.82) is 0 Å². The first-order valence-corrected chi connectivity index (χ1v) is 6.80. The van der Waals surface area contributed by atoms with Crippen molar-refractivity contribution in [3.05, 3.63) is 17.7 Å². The number of ether oxygens (including phenoxy) is 1. The first-order chi connectivity index (χ1) is 8.29. The Morgan fingerprint density at radius 1 is 1.28 bits per heavy atom. The van der Waals surface area contributed by atoms with Crippen molar-refractivity contribution in [2.75, 3.05) is 25.1 Å². The molecule has 0 amide bonds. The molecule has 1 aliphatic heterocycles. The van der Waals surface area contributed by atoms with Crippen LogP contribution in [0.3, 0.4) is 0 Å². The number of hydrogen-bond donors (Lipinski definition) is 0. The van der Waals surface area contributed by atoms with Crippen LogP contribution in [0.15, 0.2) is 12.1 Å². The molecule has 1 aliphatic rings. The van der Waals surface area contributed by atoms with Gasteiger partial charge in [0.1, 0.15) is 11.3 Å².